The quantitative estimate of drug-likeness (QED) is 0.873. The van der Waals surface area contributed by atoms with E-state index in [0.717, 1.165) is 5.56 Å². The Morgan fingerprint density at radius 2 is 1.96 bits per heavy atom. The summed E-state index contributed by atoms with van der Waals surface area (Å²) >= 11 is 0. The van der Waals surface area contributed by atoms with E-state index in [4.69, 9.17) is 5.73 Å². The number of carbonyl (C=O) groups is 1. The number of benzene rings is 1. The molecule has 1 aromatic carbocycles. The molecule has 8 heteroatoms. The summed E-state index contributed by atoms with van der Waals surface area (Å²) in [7, 11) is 1.63. The van der Waals surface area contributed by atoms with Crippen LogP contribution in [0.3, 0.4) is 0 Å². The number of nitrogens with zero attached hydrogens (tertiary/aromatic N) is 5. The number of hydrogen-bond acceptors (Lipinski definition) is 6. The second kappa shape index (κ2) is 8.33. The summed E-state index contributed by atoms with van der Waals surface area (Å²) in [5.41, 5.74) is 7.51. The van der Waals surface area contributed by atoms with Gasteiger partial charge in [0, 0.05) is 20.1 Å². The van der Waals surface area contributed by atoms with Gasteiger partial charge >= 0.3 is 0 Å². The van der Waals surface area contributed by atoms with Crippen molar-refractivity contribution in [1.82, 2.24) is 14.9 Å². The lowest BCUT2D eigenvalue weighted by atomic mass is 9.97. The van der Waals surface area contributed by atoms with E-state index in [9.17, 15) is 9.18 Å². The van der Waals surface area contributed by atoms with Crippen LogP contribution in [0.5, 0.6) is 0 Å². The number of amides is 1. The van der Waals surface area contributed by atoms with Crippen LogP contribution in [0, 0.1) is 12.7 Å². The third kappa shape index (κ3) is 3.95. The number of halogens is 1. The lowest BCUT2D eigenvalue weighted by molar-refractivity contribution is -0.127. The molecule has 0 saturated heterocycles. The number of likely N-dealkylation sites (N-methyl/N-ethyl adjacent to an activating group) is 1. The summed E-state index contributed by atoms with van der Waals surface area (Å²) < 4.78 is 14.2. The highest BCUT2D eigenvalue weighted by atomic mass is 19.1. The number of aryl methyl sites for hydroxylation is 2. The van der Waals surface area contributed by atoms with Crippen LogP contribution < -0.4 is 10.6 Å². The number of hydrogen-bond donors (Lipinski definition) is 1. The van der Waals surface area contributed by atoms with Crippen LogP contribution >= 0.6 is 0 Å². The van der Waals surface area contributed by atoms with E-state index in [0.29, 0.717) is 43.4 Å². The van der Waals surface area contributed by atoms with Gasteiger partial charge in [0.25, 0.3) is 0 Å². The topological polar surface area (TPSA) is 87.7 Å². The molecule has 7 nitrogen and oxygen atoms in total. The predicted octanol–water partition coefficient (Wildman–Crippen LogP) is 1.86. The molecule has 0 bridgehead atoms. The molecule has 0 fully saturated rings. The average Bonchev–Trinajstić information content (AvgIpc) is 2.76. The molecule has 2 heterocycles. The van der Waals surface area contributed by atoms with Crippen molar-refractivity contribution >= 4 is 17.8 Å². The van der Waals surface area contributed by atoms with Crippen LogP contribution in [0.1, 0.15) is 29.8 Å². The predicted molar refractivity (Wildman–Crippen MR) is 107 cm³/mol. The van der Waals surface area contributed by atoms with Crippen LogP contribution in [0.4, 0.5) is 10.3 Å². The molecule has 1 aliphatic heterocycles. The second-order valence-corrected chi connectivity index (χ2v) is 6.77. The van der Waals surface area contributed by atoms with E-state index >= 15 is 0 Å². The van der Waals surface area contributed by atoms with Crippen LogP contribution in [0.15, 0.2) is 35.3 Å². The Balaban J connectivity index is 2.04. The van der Waals surface area contributed by atoms with Gasteiger partial charge in [0.05, 0.1) is 23.9 Å². The SMILES string of the molecule is CCc1nc(N2CCN=C(N)N(C)C(=O)[C@@H](c3ccccc3)C2)nc(C)c1F. The summed E-state index contributed by atoms with van der Waals surface area (Å²) in [5, 5.41) is 0. The minimum atomic E-state index is -0.475. The Labute approximate surface area is 164 Å². The van der Waals surface area contributed by atoms with Crippen molar-refractivity contribution in [3.05, 3.63) is 53.1 Å². The van der Waals surface area contributed by atoms with E-state index in [-0.39, 0.29) is 17.7 Å². The normalized spacial score (nSPS) is 18.4. The Bertz CT molecular complexity index is 886. The van der Waals surface area contributed by atoms with Crippen molar-refractivity contribution in [2.45, 2.75) is 26.2 Å². The van der Waals surface area contributed by atoms with Crippen LogP contribution in [-0.4, -0.2) is 53.4 Å². The number of rotatable bonds is 3. The van der Waals surface area contributed by atoms with Crippen molar-refractivity contribution in [1.29, 1.82) is 0 Å². The molecular formula is C20H25FN6O. The van der Waals surface area contributed by atoms with Gasteiger partial charge in [0.2, 0.25) is 11.9 Å². The largest absolute Gasteiger partial charge is 0.369 e. The fraction of sp³-hybridized carbons (Fsp3) is 0.400. The number of guanidine groups is 1. The maximum absolute atomic E-state index is 14.2. The molecule has 0 saturated carbocycles. The van der Waals surface area contributed by atoms with Gasteiger partial charge < -0.3 is 10.6 Å². The molecule has 0 radical (unpaired) electrons. The highest BCUT2D eigenvalue weighted by Gasteiger charge is 2.30. The molecule has 0 aliphatic carbocycles. The van der Waals surface area contributed by atoms with E-state index in [1.807, 2.05) is 42.2 Å². The second-order valence-electron chi connectivity index (χ2n) is 6.77. The molecule has 3 rings (SSSR count). The monoisotopic (exact) mass is 384 g/mol. The van der Waals surface area contributed by atoms with E-state index in [1.165, 1.54) is 4.90 Å². The third-order valence-corrected chi connectivity index (χ3v) is 4.91. The molecule has 2 N–H and O–H groups in total. The smallest absolute Gasteiger partial charge is 0.238 e. The molecule has 1 aromatic heterocycles. The summed E-state index contributed by atoms with van der Waals surface area (Å²) in [6.07, 6.45) is 0.463. The zero-order valence-corrected chi connectivity index (χ0v) is 16.4. The third-order valence-electron chi connectivity index (χ3n) is 4.91. The highest BCUT2D eigenvalue weighted by Crippen LogP contribution is 2.24. The minimum absolute atomic E-state index is 0.158. The van der Waals surface area contributed by atoms with Gasteiger partial charge in [-0.3, -0.25) is 14.7 Å². The Morgan fingerprint density at radius 1 is 1.25 bits per heavy atom. The zero-order chi connectivity index (χ0) is 20.3. The number of aliphatic imine (C=N–C) groups is 1. The summed E-state index contributed by atoms with van der Waals surface area (Å²) in [6, 6.07) is 9.51. The molecule has 0 unspecified atom stereocenters. The first-order valence-electron chi connectivity index (χ1n) is 9.32. The molecule has 1 amide bonds. The molecule has 0 spiro atoms. The Morgan fingerprint density at radius 3 is 2.64 bits per heavy atom. The molecular weight excluding hydrogens is 359 g/mol. The maximum Gasteiger partial charge on any atom is 0.238 e. The summed E-state index contributed by atoms with van der Waals surface area (Å²) in [6.45, 7) is 4.68. The Hall–Kier alpha value is -3.03. The first-order chi connectivity index (χ1) is 13.4. The highest BCUT2D eigenvalue weighted by molar-refractivity contribution is 5.99. The van der Waals surface area contributed by atoms with Gasteiger partial charge in [0.15, 0.2) is 11.8 Å². The van der Waals surface area contributed by atoms with Gasteiger partial charge in [-0.1, -0.05) is 37.3 Å². The van der Waals surface area contributed by atoms with Crippen LogP contribution in [-0.2, 0) is 11.2 Å². The lowest BCUT2D eigenvalue weighted by Crippen LogP contribution is -2.43. The summed E-state index contributed by atoms with van der Waals surface area (Å²) in [5.74, 6) is -0.430. The number of aromatic nitrogens is 2. The number of carbonyl (C=O) groups excluding carboxylic acids is 1. The number of anilines is 1. The van der Waals surface area contributed by atoms with Gasteiger partial charge in [0.1, 0.15) is 0 Å². The van der Waals surface area contributed by atoms with E-state index in [2.05, 4.69) is 15.0 Å². The van der Waals surface area contributed by atoms with Crippen LogP contribution in [0.2, 0.25) is 0 Å². The fourth-order valence-electron chi connectivity index (χ4n) is 3.22. The molecule has 1 atom stereocenters. The molecule has 148 valence electrons. The summed E-state index contributed by atoms with van der Waals surface area (Å²) in [4.78, 5) is 29.4. The molecule has 2 aromatic rings. The molecule has 1 aliphatic rings. The first-order valence-corrected chi connectivity index (χ1v) is 9.32. The van der Waals surface area contributed by atoms with Crippen molar-refractivity contribution in [3.63, 3.8) is 0 Å². The van der Waals surface area contributed by atoms with Gasteiger partial charge in [-0.2, -0.15) is 0 Å². The van der Waals surface area contributed by atoms with Gasteiger partial charge in [-0.05, 0) is 18.9 Å². The molecule has 28 heavy (non-hydrogen) atoms. The Kier molecular flexibility index (Phi) is 5.87. The van der Waals surface area contributed by atoms with Gasteiger partial charge in [-0.25, -0.2) is 14.4 Å². The number of nitrogens with two attached hydrogens (primary N) is 1. The van der Waals surface area contributed by atoms with Crippen LogP contribution in [0.25, 0.3) is 0 Å². The van der Waals surface area contributed by atoms with Crippen molar-refractivity contribution in [3.8, 4) is 0 Å². The first kappa shape index (κ1) is 19.7. The van der Waals surface area contributed by atoms with Crippen molar-refractivity contribution < 1.29 is 9.18 Å². The fourth-order valence-corrected chi connectivity index (χ4v) is 3.22. The zero-order valence-electron chi connectivity index (χ0n) is 16.4. The average molecular weight is 384 g/mol. The van der Waals surface area contributed by atoms with E-state index < -0.39 is 5.92 Å². The van der Waals surface area contributed by atoms with Gasteiger partial charge in [-0.15, -0.1) is 0 Å². The standard InChI is InChI=1S/C20H25FN6O/c1-4-16-17(21)13(2)24-20(25-16)27-11-10-23-19(22)26(3)18(28)15(12-27)14-8-6-5-7-9-14/h5-9,15H,4,10-12H2,1-3H3,(H2,22,23)/t15-/m1/s1. The van der Waals surface area contributed by atoms with Crippen molar-refractivity contribution in [2.75, 3.05) is 31.6 Å². The minimum Gasteiger partial charge on any atom is -0.369 e. The van der Waals surface area contributed by atoms with Crippen molar-refractivity contribution in [2.24, 2.45) is 10.7 Å². The lowest BCUT2D eigenvalue weighted by Gasteiger charge is -2.28. The van der Waals surface area contributed by atoms with E-state index in [1.54, 1.807) is 14.0 Å². The maximum atomic E-state index is 14.2.